The zero-order valence-corrected chi connectivity index (χ0v) is 19.8. The summed E-state index contributed by atoms with van der Waals surface area (Å²) in [5, 5.41) is -1.46. The Kier molecular flexibility index (Phi) is 12.0. The molecule has 0 bridgehead atoms. The van der Waals surface area contributed by atoms with Gasteiger partial charge in [0.2, 0.25) is 0 Å². The van der Waals surface area contributed by atoms with Crippen LogP contribution in [0.5, 0.6) is 0 Å². The predicted molar refractivity (Wildman–Crippen MR) is 113 cm³/mol. The van der Waals surface area contributed by atoms with Gasteiger partial charge in [0.15, 0.2) is 5.34 Å². The average molecular weight is 409 g/mol. The zero-order valence-electron chi connectivity index (χ0n) is 19.0. The van der Waals surface area contributed by atoms with E-state index in [1.807, 2.05) is 13.8 Å². The van der Waals surface area contributed by atoms with Gasteiger partial charge in [-0.1, -0.05) is 53.4 Å². The smallest absolute Gasteiger partial charge is 0.356 e. The molecule has 0 aliphatic carbocycles. The van der Waals surface area contributed by atoms with Gasteiger partial charge < -0.3 is 19.3 Å². The van der Waals surface area contributed by atoms with Crippen LogP contribution in [0.25, 0.3) is 0 Å². The molecule has 0 amide bonds. The molecule has 2 atom stereocenters. The van der Waals surface area contributed by atoms with Crippen LogP contribution < -0.4 is 0 Å². The van der Waals surface area contributed by atoms with Crippen molar-refractivity contribution in [1.82, 2.24) is 0 Å². The van der Waals surface area contributed by atoms with Crippen molar-refractivity contribution in [1.29, 1.82) is 0 Å². The highest BCUT2D eigenvalue weighted by Crippen LogP contribution is 2.50. The summed E-state index contributed by atoms with van der Waals surface area (Å²) in [7, 11) is -4.28. The van der Waals surface area contributed by atoms with Gasteiger partial charge in [0, 0.05) is 6.61 Å². The molecular weight excluding hydrogens is 363 g/mol. The van der Waals surface area contributed by atoms with Gasteiger partial charge in [-0.15, -0.1) is 0 Å². The van der Waals surface area contributed by atoms with Crippen molar-refractivity contribution in [2.24, 2.45) is 17.8 Å². The molecule has 6 heteroatoms. The highest BCUT2D eigenvalue weighted by Gasteiger charge is 2.39. The Morgan fingerprint density at radius 2 is 1.41 bits per heavy atom. The SMILES string of the molecule is CC(C)CCCC(C)CCC(C)COC(C)(C)CCOC(C)(C)P(=O)(O)O. The van der Waals surface area contributed by atoms with Gasteiger partial charge in [0.1, 0.15) is 0 Å². The van der Waals surface area contributed by atoms with E-state index in [0.717, 1.165) is 11.8 Å². The highest BCUT2D eigenvalue weighted by atomic mass is 31.2. The van der Waals surface area contributed by atoms with E-state index in [-0.39, 0.29) is 12.2 Å². The van der Waals surface area contributed by atoms with Crippen LogP contribution >= 0.6 is 7.60 Å². The van der Waals surface area contributed by atoms with Crippen LogP contribution in [-0.4, -0.2) is 33.9 Å². The first kappa shape index (κ1) is 27.1. The number of hydrogen-bond acceptors (Lipinski definition) is 3. The van der Waals surface area contributed by atoms with Gasteiger partial charge in [-0.25, -0.2) is 0 Å². The van der Waals surface area contributed by atoms with Crippen LogP contribution in [0.3, 0.4) is 0 Å². The molecule has 0 aromatic carbocycles. The van der Waals surface area contributed by atoms with Crippen LogP contribution in [0, 0.1) is 17.8 Å². The van der Waals surface area contributed by atoms with E-state index in [1.54, 1.807) is 0 Å². The van der Waals surface area contributed by atoms with Crippen LogP contribution in [0.15, 0.2) is 0 Å². The van der Waals surface area contributed by atoms with E-state index in [0.29, 0.717) is 18.9 Å². The lowest BCUT2D eigenvalue weighted by Gasteiger charge is -2.31. The normalized spacial score (nSPS) is 16.0. The Morgan fingerprint density at radius 1 is 0.852 bits per heavy atom. The van der Waals surface area contributed by atoms with E-state index in [4.69, 9.17) is 9.47 Å². The maximum absolute atomic E-state index is 11.4. The van der Waals surface area contributed by atoms with E-state index in [9.17, 15) is 14.4 Å². The molecule has 0 rings (SSSR count). The summed E-state index contributed by atoms with van der Waals surface area (Å²) in [4.78, 5) is 18.6. The van der Waals surface area contributed by atoms with Gasteiger partial charge >= 0.3 is 7.60 Å². The van der Waals surface area contributed by atoms with Crippen molar-refractivity contribution in [2.75, 3.05) is 13.2 Å². The average Bonchev–Trinajstić information content (AvgIpc) is 2.49. The Labute approximate surface area is 167 Å². The van der Waals surface area contributed by atoms with Crippen LogP contribution in [0.1, 0.15) is 93.9 Å². The quantitative estimate of drug-likeness (QED) is 0.326. The van der Waals surface area contributed by atoms with E-state index < -0.39 is 12.9 Å². The van der Waals surface area contributed by atoms with Gasteiger partial charge in [-0.05, 0) is 58.3 Å². The molecule has 2 unspecified atom stereocenters. The molecule has 0 heterocycles. The van der Waals surface area contributed by atoms with Crippen molar-refractivity contribution in [3.63, 3.8) is 0 Å². The summed E-state index contributed by atoms with van der Waals surface area (Å²) in [5.41, 5.74) is -0.373. The van der Waals surface area contributed by atoms with Gasteiger partial charge in [0.25, 0.3) is 0 Å². The molecule has 0 radical (unpaired) electrons. The second kappa shape index (κ2) is 11.9. The summed E-state index contributed by atoms with van der Waals surface area (Å²) in [5.74, 6) is 2.06. The third-order valence-electron chi connectivity index (χ3n) is 5.25. The summed E-state index contributed by atoms with van der Waals surface area (Å²) in [6.45, 7) is 16.9. The van der Waals surface area contributed by atoms with Crippen molar-refractivity contribution in [2.45, 2.75) is 105 Å². The first-order valence-electron chi connectivity index (χ1n) is 10.5. The molecule has 0 saturated heterocycles. The second-order valence-corrected chi connectivity index (χ2v) is 11.9. The molecule has 0 saturated carbocycles. The minimum atomic E-state index is -4.28. The summed E-state index contributed by atoms with van der Waals surface area (Å²) >= 11 is 0. The van der Waals surface area contributed by atoms with Crippen LogP contribution in [0.4, 0.5) is 0 Å². The molecule has 0 spiro atoms. The summed E-state index contributed by atoms with van der Waals surface area (Å²) in [6, 6.07) is 0. The van der Waals surface area contributed by atoms with E-state index >= 15 is 0 Å². The maximum atomic E-state index is 11.4. The van der Waals surface area contributed by atoms with Crippen molar-refractivity contribution < 1.29 is 23.8 Å². The first-order chi connectivity index (χ1) is 12.2. The molecular formula is C21H45O5P. The zero-order chi connectivity index (χ0) is 21.3. The number of rotatable bonds is 15. The van der Waals surface area contributed by atoms with Gasteiger partial charge in [-0.3, -0.25) is 4.57 Å². The maximum Gasteiger partial charge on any atom is 0.356 e. The lowest BCUT2D eigenvalue weighted by Crippen LogP contribution is -2.32. The highest BCUT2D eigenvalue weighted by molar-refractivity contribution is 7.53. The lowest BCUT2D eigenvalue weighted by atomic mass is 9.93. The standard InChI is InChI=1S/C21H45O5P/c1-17(2)10-9-11-18(3)12-13-19(4)16-26-20(5,6)14-15-25-21(7,8)27(22,23)24/h17-19H,9-16H2,1-8H3,(H2,22,23,24). The molecule has 0 aromatic heterocycles. The number of ether oxygens (including phenoxy) is 2. The Bertz CT molecular complexity index is 442. The Morgan fingerprint density at radius 3 is 1.93 bits per heavy atom. The third-order valence-corrected chi connectivity index (χ3v) is 6.78. The third kappa shape index (κ3) is 13.0. The van der Waals surface area contributed by atoms with E-state index in [2.05, 4.69) is 27.7 Å². The monoisotopic (exact) mass is 408 g/mol. The van der Waals surface area contributed by atoms with Crippen molar-refractivity contribution in [3.8, 4) is 0 Å². The van der Waals surface area contributed by atoms with Crippen molar-refractivity contribution in [3.05, 3.63) is 0 Å². The van der Waals surface area contributed by atoms with Crippen molar-refractivity contribution >= 4 is 7.60 Å². The largest absolute Gasteiger partial charge is 0.375 e. The fourth-order valence-electron chi connectivity index (χ4n) is 2.74. The van der Waals surface area contributed by atoms with Crippen LogP contribution in [0.2, 0.25) is 0 Å². The second-order valence-electron chi connectivity index (χ2n) is 9.77. The molecule has 0 aliphatic rings. The summed E-state index contributed by atoms with van der Waals surface area (Å²) < 4.78 is 22.9. The molecule has 0 aromatic rings. The Hall–Kier alpha value is 0.0700. The molecule has 2 N–H and O–H groups in total. The van der Waals surface area contributed by atoms with Gasteiger partial charge in [-0.2, -0.15) is 0 Å². The first-order valence-corrected chi connectivity index (χ1v) is 12.1. The van der Waals surface area contributed by atoms with Gasteiger partial charge in [0.05, 0.1) is 12.2 Å². The fraction of sp³-hybridized carbons (Fsp3) is 1.00. The lowest BCUT2D eigenvalue weighted by molar-refractivity contribution is -0.0671. The fourth-order valence-corrected chi connectivity index (χ4v) is 3.00. The minimum absolute atomic E-state index is 0.256. The molecule has 0 fully saturated rings. The Balaban J connectivity index is 4.06. The van der Waals surface area contributed by atoms with E-state index in [1.165, 1.54) is 46.0 Å². The van der Waals surface area contributed by atoms with Crippen LogP contribution in [-0.2, 0) is 14.0 Å². The topological polar surface area (TPSA) is 76.0 Å². The molecule has 5 nitrogen and oxygen atoms in total. The summed E-state index contributed by atoms with van der Waals surface area (Å²) in [6.07, 6.45) is 6.95. The number of hydrogen-bond donors (Lipinski definition) is 2. The molecule has 27 heavy (non-hydrogen) atoms. The predicted octanol–water partition coefficient (Wildman–Crippen LogP) is 5.98. The molecule has 164 valence electrons. The molecule has 0 aliphatic heterocycles. The minimum Gasteiger partial charge on any atom is -0.375 e.